The number of carbonyl (C=O) groups excluding carboxylic acids is 1. The molecular weight excluding hydrogens is 268 g/mol. The molecule has 0 bridgehead atoms. The van der Waals surface area contributed by atoms with Gasteiger partial charge in [0.05, 0.1) is 12.9 Å². The first-order chi connectivity index (χ1) is 9.79. The summed E-state index contributed by atoms with van der Waals surface area (Å²) in [6.07, 6.45) is 0. The molecule has 0 unspecified atom stereocenters. The molecule has 0 aliphatic carbocycles. The summed E-state index contributed by atoms with van der Waals surface area (Å²) in [5.41, 5.74) is 1.64. The molecule has 2 nitrogen and oxygen atoms in total. The van der Waals surface area contributed by atoms with Gasteiger partial charge in [0.15, 0.2) is 5.78 Å². The van der Waals surface area contributed by atoms with Crippen molar-refractivity contribution in [2.75, 3.05) is 12.9 Å². The molecule has 0 saturated carbocycles. The lowest BCUT2D eigenvalue weighted by atomic mass is 10.2. The van der Waals surface area contributed by atoms with Gasteiger partial charge in [-0.2, -0.15) is 0 Å². The minimum Gasteiger partial charge on any atom is -0.497 e. The van der Waals surface area contributed by atoms with Crippen molar-refractivity contribution in [1.29, 1.82) is 0 Å². The van der Waals surface area contributed by atoms with Crippen molar-refractivity contribution in [2.45, 2.75) is 0 Å². The third-order valence-electron chi connectivity index (χ3n) is 2.66. The van der Waals surface area contributed by atoms with Gasteiger partial charge in [-0.1, -0.05) is 48.0 Å². The summed E-state index contributed by atoms with van der Waals surface area (Å²) in [7, 11) is 1.63. The molecule has 0 spiro atoms. The number of hydrogen-bond donors (Lipinski definition) is 0. The lowest BCUT2D eigenvalue weighted by molar-refractivity contribution is 0.102. The van der Waals surface area contributed by atoms with Crippen LogP contribution in [0.3, 0.4) is 0 Å². The fourth-order valence-corrected chi connectivity index (χ4v) is 2.14. The van der Waals surface area contributed by atoms with Gasteiger partial charge in [-0.15, -0.1) is 0 Å². The van der Waals surface area contributed by atoms with E-state index in [9.17, 15) is 4.79 Å². The Kier molecular flexibility index (Phi) is 5.28. The topological polar surface area (TPSA) is 26.3 Å². The third kappa shape index (κ3) is 4.18. The van der Waals surface area contributed by atoms with Gasteiger partial charge in [0, 0.05) is 11.1 Å². The lowest BCUT2D eigenvalue weighted by Gasteiger charge is -1.97. The van der Waals surface area contributed by atoms with E-state index in [2.05, 4.69) is 11.2 Å². The average molecular weight is 282 g/mol. The van der Waals surface area contributed by atoms with Crippen LogP contribution in [0, 0.1) is 11.2 Å². The molecule has 20 heavy (non-hydrogen) atoms. The van der Waals surface area contributed by atoms with Gasteiger partial charge in [-0.3, -0.25) is 4.79 Å². The largest absolute Gasteiger partial charge is 0.497 e. The van der Waals surface area contributed by atoms with E-state index in [1.165, 1.54) is 11.8 Å². The fourth-order valence-electron chi connectivity index (χ4n) is 1.58. The molecule has 3 heteroatoms. The highest BCUT2D eigenvalue weighted by molar-refractivity contribution is 8.04. The van der Waals surface area contributed by atoms with Crippen molar-refractivity contribution < 1.29 is 9.53 Å². The van der Waals surface area contributed by atoms with Crippen LogP contribution in [0.5, 0.6) is 5.75 Å². The van der Waals surface area contributed by atoms with Crippen molar-refractivity contribution in [2.24, 2.45) is 0 Å². The second kappa shape index (κ2) is 7.42. The summed E-state index contributed by atoms with van der Waals surface area (Å²) < 4.78 is 5.08. The summed E-state index contributed by atoms with van der Waals surface area (Å²) in [4.78, 5) is 11.8. The standard InChI is InChI=1S/C17H14O2S/c1-19-16-9-7-14(8-10-16)11-12-20-13-17(18)15-5-3-2-4-6-15/h2-10H,13H2,1H3. The molecule has 2 aromatic rings. The van der Waals surface area contributed by atoms with Crippen molar-refractivity contribution in [3.05, 3.63) is 65.7 Å². The molecule has 0 N–H and O–H groups in total. The van der Waals surface area contributed by atoms with E-state index in [0.717, 1.165) is 16.9 Å². The van der Waals surface area contributed by atoms with E-state index in [-0.39, 0.29) is 5.78 Å². The highest BCUT2D eigenvalue weighted by atomic mass is 32.2. The van der Waals surface area contributed by atoms with Gasteiger partial charge >= 0.3 is 0 Å². The number of methoxy groups -OCH3 is 1. The van der Waals surface area contributed by atoms with Crippen LogP contribution in [-0.2, 0) is 0 Å². The maximum absolute atomic E-state index is 11.8. The summed E-state index contributed by atoms with van der Waals surface area (Å²) in [5.74, 6) is 4.28. The number of thioether (sulfide) groups is 1. The first-order valence-corrected chi connectivity index (χ1v) is 7.13. The number of ether oxygens (including phenoxy) is 1. The van der Waals surface area contributed by atoms with Gasteiger partial charge in [-0.25, -0.2) is 0 Å². The van der Waals surface area contributed by atoms with E-state index in [1.54, 1.807) is 7.11 Å². The Morgan fingerprint density at radius 3 is 2.45 bits per heavy atom. The summed E-state index contributed by atoms with van der Waals surface area (Å²) in [6.45, 7) is 0. The Morgan fingerprint density at radius 2 is 1.80 bits per heavy atom. The quantitative estimate of drug-likeness (QED) is 0.633. The molecule has 0 heterocycles. The molecule has 0 fully saturated rings. The molecule has 0 aliphatic heterocycles. The van der Waals surface area contributed by atoms with E-state index in [1.807, 2.05) is 54.6 Å². The van der Waals surface area contributed by atoms with E-state index >= 15 is 0 Å². The monoisotopic (exact) mass is 282 g/mol. The molecule has 2 rings (SSSR count). The second-order valence-electron chi connectivity index (χ2n) is 4.03. The van der Waals surface area contributed by atoms with Gasteiger partial charge in [0.1, 0.15) is 5.75 Å². The number of rotatable bonds is 4. The van der Waals surface area contributed by atoms with Crippen LogP contribution >= 0.6 is 11.8 Å². The predicted molar refractivity (Wildman–Crippen MR) is 83.1 cm³/mol. The van der Waals surface area contributed by atoms with Gasteiger partial charge in [0.25, 0.3) is 0 Å². The number of ketones is 1. The third-order valence-corrected chi connectivity index (χ3v) is 3.31. The van der Waals surface area contributed by atoms with Crippen LogP contribution in [0.25, 0.3) is 0 Å². The van der Waals surface area contributed by atoms with E-state index in [0.29, 0.717) is 5.75 Å². The Bertz CT molecular complexity index is 622. The van der Waals surface area contributed by atoms with Crippen LogP contribution in [0.1, 0.15) is 15.9 Å². The highest BCUT2D eigenvalue weighted by Crippen LogP contribution is 2.11. The molecule has 0 amide bonds. The number of benzene rings is 2. The van der Waals surface area contributed by atoms with Crippen molar-refractivity contribution in [3.63, 3.8) is 0 Å². The van der Waals surface area contributed by atoms with Crippen molar-refractivity contribution in [1.82, 2.24) is 0 Å². The Hall–Kier alpha value is -2.18. The van der Waals surface area contributed by atoms with Gasteiger partial charge < -0.3 is 4.74 Å². The fraction of sp³-hybridized carbons (Fsp3) is 0.118. The minimum absolute atomic E-state index is 0.0969. The van der Waals surface area contributed by atoms with Crippen LogP contribution in [-0.4, -0.2) is 18.6 Å². The Labute approximate surface area is 123 Å². The smallest absolute Gasteiger partial charge is 0.173 e. The first-order valence-electron chi connectivity index (χ1n) is 6.14. The number of carbonyl (C=O) groups is 1. The van der Waals surface area contributed by atoms with E-state index < -0.39 is 0 Å². The molecule has 0 aliphatic rings. The Balaban J connectivity index is 1.87. The normalized spacial score (nSPS) is 9.45. The zero-order valence-electron chi connectivity index (χ0n) is 11.1. The molecule has 0 radical (unpaired) electrons. The molecule has 2 aromatic carbocycles. The molecule has 0 aromatic heterocycles. The summed E-state index contributed by atoms with van der Waals surface area (Å²) in [5, 5.41) is 2.94. The average Bonchev–Trinajstić information content (AvgIpc) is 2.53. The van der Waals surface area contributed by atoms with Crippen LogP contribution in [0.4, 0.5) is 0 Å². The van der Waals surface area contributed by atoms with Crippen LogP contribution < -0.4 is 4.74 Å². The summed E-state index contributed by atoms with van der Waals surface area (Å²) >= 11 is 1.32. The lowest BCUT2D eigenvalue weighted by Crippen LogP contribution is -2.00. The van der Waals surface area contributed by atoms with Gasteiger partial charge in [-0.05, 0) is 29.5 Å². The zero-order valence-corrected chi connectivity index (χ0v) is 11.9. The molecular formula is C17H14O2S. The van der Waals surface area contributed by atoms with Crippen molar-refractivity contribution in [3.8, 4) is 16.9 Å². The molecule has 0 atom stereocenters. The highest BCUT2D eigenvalue weighted by Gasteiger charge is 2.03. The van der Waals surface area contributed by atoms with Crippen LogP contribution in [0.2, 0.25) is 0 Å². The van der Waals surface area contributed by atoms with Gasteiger partial charge in [0.2, 0.25) is 0 Å². The Morgan fingerprint density at radius 1 is 1.10 bits per heavy atom. The zero-order chi connectivity index (χ0) is 14.2. The number of hydrogen-bond acceptors (Lipinski definition) is 3. The maximum atomic E-state index is 11.8. The van der Waals surface area contributed by atoms with Crippen molar-refractivity contribution >= 4 is 17.5 Å². The predicted octanol–water partition coefficient (Wildman–Crippen LogP) is 3.62. The summed E-state index contributed by atoms with van der Waals surface area (Å²) in [6, 6.07) is 16.8. The second-order valence-corrected chi connectivity index (χ2v) is 4.81. The minimum atomic E-state index is 0.0969. The van der Waals surface area contributed by atoms with E-state index in [4.69, 9.17) is 4.74 Å². The maximum Gasteiger partial charge on any atom is 0.173 e. The SMILES string of the molecule is COc1ccc(C#CSCC(=O)c2ccccc2)cc1. The number of Topliss-reactive ketones (excluding diaryl/α,β-unsaturated/α-hetero) is 1. The van der Waals surface area contributed by atoms with Crippen LogP contribution in [0.15, 0.2) is 54.6 Å². The molecule has 100 valence electrons. The first kappa shape index (κ1) is 14.2. The molecule has 0 saturated heterocycles.